The normalized spacial score (nSPS) is 18.3. The van der Waals surface area contributed by atoms with Gasteiger partial charge in [-0.2, -0.15) is 0 Å². The Kier molecular flexibility index (Phi) is 7.78. The Balaban J connectivity index is 1.40. The highest BCUT2D eigenvalue weighted by molar-refractivity contribution is 6.36. The van der Waals surface area contributed by atoms with Crippen LogP contribution in [0.3, 0.4) is 0 Å². The number of hydrogen-bond acceptors (Lipinski definition) is 3. The second-order valence-corrected chi connectivity index (χ2v) is 8.65. The molecule has 0 spiro atoms. The highest BCUT2D eigenvalue weighted by Gasteiger charge is 2.27. The summed E-state index contributed by atoms with van der Waals surface area (Å²) in [6, 6.07) is 4.73. The third-order valence-electron chi connectivity index (χ3n) is 5.75. The topological polar surface area (TPSA) is 78.5 Å². The van der Waals surface area contributed by atoms with Crippen LogP contribution in [-0.2, 0) is 9.59 Å². The third kappa shape index (κ3) is 6.09. The Morgan fingerprint density at radius 1 is 1.00 bits per heavy atom. The van der Waals surface area contributed by atoms with Crippen LogP contribution in [-0.4, -0.2) is 48.3 Å². The number of likely N-dealkylation sites (tertiary alicyclic amines) is 1. The second kappa shape index (κ2) is 10.3. The summed E-state index contributed by atoms with van der Waals surface area (Å²) in [6.45, 7) is 1.06. The molecule has 29 heavy (non-hydrogen) atoms. The predicted octanol–water partition coefficient (Wildman–Crippen LogP) is 3.41. The van der Waals surface area contributed by atoms with E-state index in [1.807, 2.05) is 0 Å². The average Bonchev–Trinajstić information content (AvgIpc) is 2.73. The molecule has 1 aliphatic carbocycles. The lowest BCUT2D eigenvalue weighted by Gasteiger charge is -2.33. The zero-order chi connectivity index (χ0) is 20.8. The monoisotopic (exact) mass is 439 g/mol. The van der Waals surface area contributed by atoms with E-state index in [0.717, 1.165) is 38.5 Å². The molecule has 1 heterocycles. The molecule has 2 N–H and O–H groups in total. The van der Waals surface area contributed by atoms with Gasteiger partial charge in [-0.1, -0.05) is 42.5 Å². The van der Waals surface area contributed by atoms with Gasteiger partial charge >= 0.3 is 0 Å². The van der Waals surface area contributed by atoms with Crippen LogP contribution in [0.4, 0.5) is 0 Å². The van der Waals surface area contributed by atoms with Crippen LogP contribution in [0, 0.1) is 5.92 Å². The highest BCUT2D eigenvalue weighted by Crippen LogP contribution is 2.24. The van der Waals surface area contributed by atoms with E-state index >= 15 is 0 Å². The van der Waals surface area contributed by atoms with Crippen molar-refractivity contribution in [2.75, 3.05) is 19.6 Å². The summed E-state index contributed by atoms with van der Waals surface area (Å²) < 4.78 is 0. The molecule has 1 saturated heterocycles. The fourth-order valence-electron chi connectivity index (χ4n) is 3.99. The minimum Gasteiger partial charge on any atom is -0.353 e. The molecule has 3 amide bonds. The molecule has 0 bridgehead atoms. The molecule has 3 rings (SSSR count). The molecule has 0 unspecified atom stereocenters. The summed E-state index contributed by atoms with van der Waals surface area (Å²) >= 11 is 11.9. The second-order valence-electron chi connectivity index (χ2n) is 7.81. The molecule has 1 aliphatic heterocycles. The Labute approximate surface area is 181 Å². The highest BCUT2D eigenvalue weighted by atomic mass is 35.5. The molecule has 2 aliphatic rings. The van der Waals surface area contributed by atoms with Crippen molar-refractivity contribution in [3.05, 3.63) is 33.8 Å². The van der Waals surface area contributed by atoms with Crippen LogP contribution in [0.2, 0.25) is 10.0 Å². The van der Waals surface area contributed by atoms with E-state index in [9.17, 15) is 14.4 Å². The van der Waals surface area contributed by atoms with E-state index in [1.54, 1.807) is 11.0 Å². The molecule has 158 valence electrons. The number of carbonyl (C=O) groups excluding carboxylic acids is 3. The van der Waals surface area contributed by atoms with Crippen LogP contribution in [0.25, 0.3) is 0 Å². The van der Waals surface area contributed by atoms with Gasteiger partial charge in [0, 0.05) is 30.1 Å². The Morgan fingerprint density at radius 3 is 2.34 bits per heavy atom. The van der Waals surface area contributed by atoms with E-state index in [4.69, 9.17) is 23.2 Å². The van der Waals surface area contributed by atoms with E-state index in [-0.39, 0.29) is 40.9 Å². The number of amides is 3. The minimum absolute atomic E-state index is 0.0864. The van der Waals surface area contributed by atoms with Gasteiger partial charge in [0.25, 0.3) is 5.91 Å². The average molecular weight is 440 g/mol. The standard InChI is InChI=1S/C21H27Cl2N3O3/c22-15-6-7-17(18(23)12-15)21(29)24-13-19(27)26-10-8-16(9-11-26)25-20(28)14-4-2-1-3-5-14/h6-7,12,14,16H,1-5,8-11,13H2,(H,24,29)(H,25,28). The summed E-state index contributed by atoms with van der Waals surface area (Å²) in [7, 11) is 0. The zero-order valence-electron chi connectivity index (χ0n) is 16.4. The molecule has 0 radical (unpaired) electrons. The van der Waals surface area contributed by atoms with Gasteiger partial charge in [-0.25, -0.2) is 0 Å². The Morgan fingerprint density at radius 2 is 1.69 bits per heavy atom. The molecule has 1 aromatic rings. The molecule has 0 atom stereocenters. The number of halogens is 2. The van der Waals surface area contributed by atoms with Crippen LogP contribution >= 0.6 is 23.2 Å². The van der Waals surface area contributed by atoms with Gasteiger partial charge in [0.05, 0.1) is 17.1 Å². The van der Waals surface area contributed by atoms with Crippen molar-refractivity contribution in [3.8, 4) is 0 Å². The first-order valence-corrected chi connectivity index (χ1v) is 11.0. The Hall–Kier alpha value is -1.79. The van der Waals surface area contributed by atoms with Crippen molar-refractivity contribution in [1.82, 2.24) is 15.5 Å². The lowest BCUT2D eigenvalue weighted by atomic mass is 9.88. The smallest absolute Gasteiger partial charge is 0.253 e. The molecule has 8 heteroatoms. The summed E-state index contributed by atoms with van der Waals surface area (Å²) in [5.41, 5.74) is 0.285. The van der Waals surface area contributed by atoms with E-state index in [2.05, 4.69) is 10.6 Å². The summed E-state index contributed by atoms with van der Waals surface area (Å²) in [5, 5.41) is 6.47. The van der Waals surface area contributed by atoms with Crippen molar-refractivity contribution in [2.45, 2.75) is 51.0 Å². The lowest BCUT2D eigenvalue weighted by molar-refractivity contribution is -0.131. The van der Waals surface area contributed by atoms with E-state index < -0.39 is 5.91 Å². The van der Waals surface area contributed by atoms with Crippen LogP contribution < -0.4 is 10.6 Å². The van der Waals surface area contributed by atoms with E-state index in [0.29, 0.717) is 18.1 Å². The fraction of sp³-hybridized carbons (Fsp3) is 0.571. The first kappa shape index (κ1) is 21.9. The number of nitrogens with one attached hydrogen (secondary N) is 2. The summed E-state index contributed by atoms with van der Waals surface area (Å²) in [5.74, 6) is -0.227. The van der Waals surface area contributed by atoms with Gasteiger partial charge in [0.1, 0.15) is 0 Å². The first-order valence-electron chi connectivity index (χ1n) is 10.3. The largest absolute Gasteiger partial charge is 0.353 e. The van der Waals surface area contributed by atoms with E-state index in [1.165, 1.54) is 18.6 Å². The lowest BCUT2D eigenvalue weighted by Crippen LogP contribution is -2.50. The fourth-order valence-corrected chi connectivity index (χ4v) is 4.49. The summed E-state index contributed by atoms with van der Waals surface area (Å²) in [6.07, 6.45) is 6.95. The third-order valence-corrected chi connectivity index (χ3v) is 6.29. The molecular formula is C21H27Cl2N3O3. The SMILES string of the molecule is O=C(NCC(=O)N1CCC(NC(=O)C2CCCCC2)CC1)c1ccc(Cl)cc1Cl. The molecule has 6 nitrogen and oxygen atoms in total. The van der Waals surface area contributed by atoms with Crippen molar-refractivity contribution in [1.29, 1.82) is 0 Å². The quantitative estimate of drug-likeness (QED) is 0.737. The van der Waals surface area contributed by atoms with Gasteiger partial charge in [0.15, 0.2) is 0 Å². The van der Waals surface area contributed by atoms with Crippen molar-refractivity contribution < 1.29 is 14.4 Å². The molecular weight excluding hydrogens is 413 g/mol. The maximum Gasteiger partial charge on any atom is 0.253 e. The van der Waals surface area contributed by atoms with Gasteiger partial charge in [-0.3, -0.25) is 14.4 Å². The van der Waals surface area contributed by atoms with Crippen molar-refractivity contribution in [3.63, 3.8) is 0 Å². The molecule has 1 saturated carbocycles. The number of nitrogens with zero attached hydrogens (tertiary/aromatic N) is 1. The maximum absolute atomic E-state index is 12.4. The van der Waals surface area contributed by atoms with Crippen molar-refractivity contribution >= 4 is 40.9 Å². The van der Waals surface area contributed by atoms with Crippen LogP contribution in [0.5, 0.6) is 0 Å². The minimum atomic E-state index is -0.408. The number of hydrogen-bond donors (Lipinski definition) is 2. The number of benzene rings is 1. The number of carbonyl (C=O) groups is 3. The number of piperidine rings is 1. The predicted molar refractivity (Wildman–Crippen MR) is 113 cm³/mol. The van der Waals surface area contributed by atoms with Gasteiger partial charge < -0.3 is 15.5 Å². The molecule has 0 aromatic heterocycles. The van der Waals surface area contributed by atoms with Gasteiger partial charge in [-0.05, 0) is 43.9 Å². The van der Waals surface area contributed by atoms with Gasteiger partial charge in [0.2, 0.25) is 11.8 Å². The van der Waals surface area contributed by atoms with Gasteiger partial charge in [-0.15, -0.1) is 0 Å². The Bertz CT molecular complexity index is 758. The van der Waals surface area contributed by atoms with Crippen LogP contribution in [0.15, 0.2) is 18.2 Å². The molecule has 2 fully saturated rings. The zero-order valence-corrected chi connectivity index (χ0v) is 17.9. The molecule has 1 aromatic carbocycles. The maximum atomic E-state index is 12.4. The van der Waals surface area contributed by atoms with Crippen molar-refractivity contribution in [2.24, 2.45) is 5.92 Å². The summed E-state index contributed by atoms with van der Waals surface area (Å²) in [4.78, 5) is 38.8. The first-order chi connectivity index (χ1) is 13.9. The number of rotatable bonds is 5. The van der Waals surface area contributed by atoms with Crippen LogP contribution in [0.1, 0.15) is 55.3 Å².